The summed E-state index contributed by atoms with van der Waals surface area (Å²) < 4.78 is 0. The first kappa shape index (κ1) is 15.6. The predicted molar refractivity (Wildman–Crippen MR) is 94.2 cm³/mol. The van der Waals surface area contributed by atoms with Crippen molar-refractivity contribution in [3.05, 3.63) is 24.3 Å². The average Bonchev–Trinajstić information content (AvgIpc) is 2.51. The van der Waals surface area contributed by atoms with E-state index in [0.717, 1.165) is 51.1 Å². The second-order valence-electron chi connectivity index (χ2n) is 7.65. The Hall–Kier alpha value is -1.95. The second kappa shape index (κ2) is 5.84. The molecule has 24 heavy (non-hydrogen) atoms. The summed E-state index contributed by atoms with van der Waals surface area (Å²) in [5.74, 6) is 0.625. The predicted octanol–water partition coefficient (Wildman–Crippen LogP) is 1.83. The van der Waals surface area contributed by atoms with Crippen molar-refractivity contribution in [3.8, 4) is 0 Å². The molecule has 3 aliphatic rings. The molecule has 6 nitrogen and oxygen atoms in total. The largest absolute Gasteiger partial charge is 0.465 e. The van der Waals surface area contributed by atoms with Gasteiger partial charge in [0.15, 0.2) is 0 Å². The van der Waals surface area contributed by atoms with E-state index in [0.29, 0.717) is 12.5 Å². The van der Waals surface area contributed by atoms with E-state index >= 15 is 0 Å². The van der Waals surface area contributed by atoms with E-state index in [9.17, 15) is 9.90 Å². The van der Waals surface area contributed by atoms with Crippen LogP contribution in [0.3, 0.4) is 0 Å². The number of carboxylic acid groups (broad SMARTS) is 1. The molecule has 1 aromatic rings. The lowest BCUT2D eigenvalue weighted by molar-refractivity contribution is -0.0984. The van der Waals surface area contributed by atoms with E-state index in [4.69, 9.17) is 5.73 Å². The van der Waals surface area contributed by atoms with Crippen molar-refractivity contribution in [1.29, 1.82) is 0 Å². The highest BCUT2D eigenvalue weighted by atomic mass is 16.4. The normalized spacial score (nSPS) is 26.1. The van der Waals surface area contributed by atoms with Gasteiger partial charge in [0.25, 0.3) is 0 Å². The number of nitrogens with one attached hydrogen (secondary N) is 1. The van der Waals surface area contributed by atoms with E-state index in [-0.39, 0.29) is 11.5 Å². The Morgan fingerprint density at radius 1 is 1.25 bits per heavy atom. The Kier molecular flexibility index (Phi) is 3.79. The third-order valence-electron chi connectivity index (χ3n) is 6.20. The molecule has 0 saturated carbocycles. The van der Waals surface area contributed by atoms with Gasteiger partial charge in [-0.15, -0.1) is 0 Å². The number of benzene rings is 1. The Morgan fingerprint density at radius 3 is 2.46 bits per heavy atom. The van der Waals surface area contributed by atoms with Gasteiger partial charge in [-0.05, 0) is 49.4 Å². The number of piperidine rings is 1. The van der Waals surface area contributed by atoms with Crippen LogP contribution in [0.25, 0.3) is 0 Å². The molecule has 3 aliphatic heterocycles. The number of rotatable bonds is 3. The van der Waals surface area contributed by atoms with Gasteiger partial charge in [0.2, 0.25) is 0 Å². The molecule has 4 rings (SSSR count). The molecule has 1 amide bonds. The number of likely N-dealkylation sites (tertiary alicyclic amines) is 1. The van der Waals surface area contributed by atoms with Crippen LogP contribution in [0.1, 0.15) is 19.3 Å². The van der Waals surface area contributed by atoms with Gasteiger partial charge in [-0.1, -0.05) is 0 Å². The fourth-order valence-corrected chi connectivity index (χ4v) is 4.57. The van der Waals surface area contributed by atoms with Crippen LogP contribution in [-0.4, -0.2) is 54.9 Å². The standard InChI is InChI=1S/C18H26N4O2/c19-14-1-3-15(4-2-14)21-7-5-13(6-8-21)9-16-18(10-20-11-18)12-22(16)17(23)24/h1-4,13,16,20H,5-12,19H2,(H,23,24). The molecule has 130 valence electrons. The van der Waals surface area contributed by atoms with Gasteiger partial charge >= 0.3 is 6.09 Å². The molecule has 1 atom stereocenters. The van der Waals surface area contributed by atoms with Crippen molar-refractivity contribution >= 4 is 17.5 Å². The highest BCUT2D eigenvalue weighted by Gasteiger charge is 2.58. The molecule has 3 fully saturated rings. The second-order valence-corrected chi connectivity index (χ2v) is 7.65. The van der Waals surface area contributed by atoms with Crippen LogP contribution in [0.4, 0.5) is 16.2 Å². The fraction of sp³-hybridized carbons (Fsp3) is 0.611. The summed E-state index contributed by atoms with van der Waals surface area (Å²) in [4.78, 5) is 15.5. The van der Waals surface area contributed by atoms with Crippen LogP contribution in [0.15, 0.2) is 24.3 Å². The fourth-order valence-electron chi connectivity index (χ4n) is 4.57. The SMILES string of the molecule is Nc1ccc(N2CCC(CC3N(C(=O)O)CC34CNC4)CC2)cc1. The number of amides is 1. The molecule has 0 aliphatic carbocycles. The third kappa shape index (κ3) is 2.59. The van der Waals surface area contributed by atoms with E-state index in [1.807, 2.05) is 12.1 Å². The van der Waals surface area contributed by atoms with Crippen molar-refractivity contribution in [3.63, 3.8) is 0 Å². The summed E-state index contributed by atoms with van der Waals surface area (Å²) in [5.41, 5.74) is 8.02. The van der Waals surface area contributed by atoms with Crippen molar-refractivity contribution in [2.75, 3.05) is 43.4 Å². The molecule has 0 bridgehead atoms. The minimum atomic E-state index is -0.753. The molecule has 4 N–H and O–H groups in total. The van der Waals surface area contributed by atoms with Crippen LogP contribution < -0.4 is 16.0 Å². The van der Waals surface area contributed by atoms with Crippen molar-refractivity contribution in [2.45, 2.75) is 25.3 Å². The Morgan fingerprint density at radius 2 is 1.92 bits per heavy atom. The number of nitrogen functional groups attached to an aromatic ring is 1. The maximum Gasteiger partial charge on any atom is 0.407 e. The minimum Gasteiger partial charge on any atom is -0.465 e. The molecule has 1 spiro atoms. The summed E-state index contributed by atoms with van der Waals surface area (Å²) >= 11 is 0. The molecule has 3 saturated heterocycles. The van der Waals surface area contributed by atoms with Crippen LogP contribution in [0, 0.1) is 11.3 Å². The van der Waals surface area contributed by atoms with Crippen LogP contribution >= 0.6 is 0 Å². The third-order valence-corrected chi connectivity index (χ3v) is 6.20. The first-order valence-electron chi connectivity index (χ1n) is 8.88. The summed E-state index contributed by atoms with van der Waals surface area (Å²) in [6.45, 7) is 4.75. The summed E-state index contributed by atoms with van der Waals surface area (Å²) in [5, 5.41) is 12.7. The molecule has 1 aromatic carbocycles. The van der Waals surface area contributed by atoms with E-state index in [2.05, 4.69) is 22.3 Å². The minimum absolute atomic E-state index is 0.212. The van der Waals surface area contributed by atoms with Gasteiger partial charge in [0.05, 0.1) is 0 Å². The van der Waals surface area contributed by atoms with Gasteiger partial charge in [-0.3, -0.25) is 0 Å². The quantitative estimate of drug-likeness (QED) is 0.737. The zero-order valence-electron chi connectivity index (χ0n) is 13.9. The number of nitrogens with two attached hydrogens (primary N) is 1. The topological polar surface area (TPSA) is 81.8 Å². The number of hydrogen-bond acceptors (Lipinski definition) is 4. The van der Waals surface area contributed by atoms with Crippen LogP contribution in [0.2, 0.25) is 0 Å². The lowest BCUT2D eigenvalue weighted by atomic mass is 9.64. The van der Waals surface area contributed by atoms with Crippen LogP contribution in [0.5, 0.6) is 0 Å². The molecule has 0 aromatic heterocycles. The molecule has 3 heterocycles. The maximum atomic E-state index is 11.4. The van der Waals surface area contributed by atoms with E-state index in [1.165, 1.54) is 5.69 Å². The molecule has 1 unspecified atom stereocenters. The lowest BCUT2D eigenvalue weighted by Crippen LogP contribution is -2.77. The maximum absolute atomic E-state index is 11.4. The Balaban J connectivity index is 1.34. The summed E-state index contributed by atoms with van der Waals surface area (Å²) in [7, 11) is 0. The van der Waals surface area contributed by atoms with Crippen molar-refractivity contribution < 1.29 is 9.90 Å². The smallest absolute Gasteiger partial charge is 0.407 e. The zero-order chi connectivity index (χ0) is 16.7. The first-order chi connectivity index (χ1) is 11.6. The molecular weight excluding hydrogens is 304 g/mol. The number of carbonyl (C=O) groups is 1. The summed E-state index contributed by atoms with van der Waals surface area (Å²) in [6.07, 6.45) is 2.54. The molecule has 6 heteroatoms. The summed E-state index contributed by atoms with van der Waals surface area (Å²) in [6, 6.07) is 8.29. The van der Waals surface area contributed by atoms with E-state index in [1.54, 1.807) is 4.90 Å². The first-order valence-corrected chi connectivity index (χ1v) is 8.88. The lowest BCUT2D eigenvalue weighted by Gasteiger charge is -2.62. The highest BCUT2D eigenvalue weighted by Crippen LogP contribution is 2.45. The highest BCUT2D eigenvalue weighted by molar-refractivity contribution is 5.67. The van der Waals surface area contributed by atoms with E-state index < -0.39 is 6.09 Å². The molecule has 0 radical (unpaired) electrons. The van der Waals surface area contributed by atoms with Gasteiger partial charge in [-0.2, -0.15) is 0 Å². The number of anilines is 2. The van der Waals surface area contributed by atoms with Gasteiger partial charge in [0.1, 0.15) is 0 Å². The Labute approximate surface area is 142 Å². The zero-order valence-corrected chi connectivity index (χ0v) is 13.9. The molecular formula is C18H26N4O2. The van der Waals surface area contributed by atoms with Gasteiger partial charge in [-0.25, -0.2) is 4.79 Å². The Bertz CT molecular complexity index is 606. The monoisotopic (exact) mass is 330 g/mol. The van der Waals surface area contributed by atoms with Crippen molar-refractivity contribution in [2.24, 2.45) is 11.3 Å². The number of nitrogens with zero attached hydrogens (tertiary/aromatic N) is 2. The van der Waals surface area contributed by atoms with Crippen LogP contribution in [-0.2, 0) is 0 Å². The number of hydrogen-bond donors (Lipinski definition) is 3. The van der Waals surface area contributed by atoms with Crippen molar-refractivity contribution in [1.82, 2.24) is 10.2 Å². The average molecular weight is 330 g/mol. The van der Waals surface area contributed by atoms with Gasteiger partial charge in [0, 0.05) is 55.6 Å². The van der Waals surface area contributed by atoms with Gasteiger partial charge < -0.3 is 26.0 Å².